The van der Waals surface area contributed by atoms with Gasteiger partial charge in [-0.05, 0) is 29.3 Å². The number of H-pyrrole nitrogens is 1. The Morgan fingerprint density at radius 1 is 1.03 bits per heavy atom. The molecule has 1 aromatic heterocycles. The van der Waals surface area contributed by atoms with Crippen molar-refractivity contribution in [2.24, 2.45) is 5.73 Å². The first-order chi connectivity index (χ1) is 16.2. The SMILES string of the molecule is N#CC1=C(N)Oc2n[nH]c(-c3ccccc3)c2C1c1ccccc1OCc1ccc(Br)cc1. The summed E-state index contributed by atoms with van der Waals surface area (Å²) < 4.78 is 12.9. The Kier molecular flexibility index (Phi) is 5.59. The minimum absolute atomic E-state index is 0.0452. The summed E-state index contributed by atoms with van der Waals surface area (Å²) in [5.41, 5.74) is 10.8. The molecular weight excluding hydrogens is 480 g/mol. The maximum atomic E-state index is 10.00. The van der Waals surface area contributed by atoms with E-state index in [0.717, 1.165) is 32.4 Å². The van der Waals surface area contributed by atoms with E-state index in [2.05, 4.69) is 32.2 Å². The molecule has 0 aliphatic carbocycles. The number of benzene rings is 3. The number of hydrogen-bond acceptors (Lipinski definition) is 5. The number of hydrogen-bond donors (Lipinski definition) is 2. The first-order valence-corrected chi connectivity index (χ1v) is 11.1. The van der Waals surface area contributed by atoms with Gasteiger partial charge in [0.1, 0.15) is 24.0 Å². The van der Waals surface area contributed by atoms with Crippen molar-refractivity contribution in [3.8, 4) is 29.0 Å². The average Bonchev–Trinajstić information content (AvgIpc) is 3.27. The van der Waals surface area contributed by atoms with Crippen molar-refractivity contribution >= 4 is 15.9 Å². The second-order valence-electron chi connectivity index (χ2n) is 7.56. The van der Waals surface area contributed by atoms with Crippen molar-refractivity contribution in [3.05, 3.63) is 111 Å². The molecular formula is C26H19BrN4O2. The molecule has 0 saturated carbocycles. The van der Waals surface area contributed by atoms with Crippen LogP contribution in [-0.2, 0) is 6.61 Å². The fourth-order valence-electron chi connectivity index (χ4n) is 3.97. The average molecular weight is 499 g/mol. The molecule has 162 valence electrons. The van der Waals surface area contributed by atoms with Crippen LogP contribution in [0.5, 0.6) is 11.6 Å². The van der Waals surface area contributed by atoms with Crippen LogP contribution in [0, 0.1) is 11.3 Å². The van der Waals surface area contributed by atoms with Crippen molar-refractivity contribution in [1.82, 2.24) is 10.2 Å². The van der Waals surface area contributed by atoms with Gasteiger partial charge in [0.05, 0.1) is 17.2 Å². The number of nitrogens with two attached hydrogens (primary N) is 1. The molecule has 0 bridgehead atoms. The van der Waals surface area contributed by atoms with Gasteiger partial charge in [0, 0.05) is 10.0 Å². The van der Waals surface area contributed by atoms with E-state index in [1.165, 1.54) is 0 Å². The molecule has 3 N–H and O–H groups in total. The lowest BCUT2D eigenvalue weighted by Gasteiger charge is -2.25. The Balaban J connectivity index is 1.60. The van der Waals surface area contributed by atoms with Gasteiger partial charge in [0.15, 0.2) is 0 Å². The summed E-state index contributed by atoms with van der Waals surface area (Å²) >= 11 is 3.45. The Bertz CT molecular complexity index is 1370. The van der Waals surface area contributed by atoms with E-state index >= 15 is 0 Å². The number of rotatable bonds is 5. The van der Waals surface area contributed by atoms with E-state index in [0.29, 0.717) is 23.8 Å². The highest BCUT2D eigenvalue weighted by molar-refractivity contribution is 9.10. The number of halogens is 1. The smallest absolute Gasteiger partial charge is 0.244 e. The Hall–Kier alpha value is -4.02. The van der Waals surface area contributed by atoms with Crippen LogP contribution in [0.2, 0.25) is 0 Å². The highest BCUT2D eigenvalue weighted by Gasteiger charge is 2.37. The van der Waals surface area contributed by atoms with Crippen LogP contribution < -0.4 is 15.2 Å². The normalized spacial score (nSPS) is 14.8. The van der Waals surface area contributed by atoms with E-state index < -0.39 is 5.92 Å². The quantitative estimate of drug-likeness (QED) is 0.371. The highest BCUT2D eigenvalue weighted by Crippen LogP contribution is 2.47. The molecule has 7 heteroatoms. The van der Waals surface area contributed by atoms with Crippen LogP contribution in [-0.4, -0.2) is 10.2 Å². The predicted octanol–water partition coefficient (Wildman–Crippen LogP) is 5.64. The molecule has 6 nitrogen and oxygen atoms in total. The number of aromatic amines is 1. The molecule has 1 unspecified atom stereocenters. The van der Waals surface area contributed by atoms with Gasteiger partial charge in [-0.15, -0.1) is 5.10 Å². The second kappa shape index (κ2) is 8.85. The third-order valence-electron chi connectivity index (χ3n) is 5.54. The lowest BCUT2D eigenvalue weighted by atomic mass is 9.82. The number of para-hydroxylation sites is 1. The molecule has 33 heavy (non-hydrogen) atoms. The Labute approximate surface area is 199 Å². The molecule has 0 saturated heterocycles. The maximum Gasteiger partial charge on any atom is 0.244 e. The van der Waals surface area contributed by atoms with Gasteiger partial charge in [-0.2, -0.15) is 5.26 Å². The molecule has 1 aliphatic rings. The van der Waals surface area contributed by atoms with Crippen LogP contribution in [0.15, 0.2) is 94.8 Å². The first-order valence-electron chi connectivity index (χ1n) is 10.3. The van der Waals surface area contributed by atoms with Gasteiger partial charge >= 0.3 is 0 Å². The zero-order valence-corrected chi connectivity index (χ0v) is 19.0. The summed E-state index contributed by atoms with van der Waals surface area (Å²) in [5.74, 6) is 0.578. The molecule has 1 aliphatic heterocycles. The monoisotopic (exact) mass is 498 g/mol. The van der Waals surface area contributed by atoms with Crippen molar-refractivity contribution in [2.75, 3.05) is 0 Å². The van der Waals surface area contributed by atoms with E-state index in [4.69, 9.17) is 15.2 Å². The fourth-order valence-corrected chi connectivity index (χ4v) is 4.24. The van der Waals surface area contributed by atoms with Crippen molar-refractivity contribution in [2.45, 2.75) is 12.5 Å². The van der Waals surface area contributed by atoms with Gasteiger partial charge < -0.3 is 15.2 Å². The third kappa shape index (κ3) is 3.97. The molecule has 1 atom stereocenters. The lowest BCUT2D eigenvalue weighted by Crippen LogP contribution is -2.21. The Morgan fingerprint density at radius 2 is 1.76 bits per heavy atom. The van der Waals surface area contributed by atoms with Crippen molar-refractivity contribution < 1.29 is 9.47 Å². The minimum Gasteiger partial charge on any atom is -0.489 e. The maximum absolute atomic E-state index is 10.00. The number of aromatic nitrogens is 2. The molecule has 0 radical (unpaired) electrons. The summed E-state index contributed by atoms with van der Waals surface area (Å²) in [7, 11) is 0. The summed E-state index contributed by atoms with van der Waals surface area (Å²) in [6.45, 7) is 0.387. The summed E-state index contributed by atoms with van der Waals surface area (Å²) in [5, 5.41) is 17.4. The molecule has 5 rings (SSSR count). The molecule has 3 aromatic carbocycles. The predicted molar refractivity (Wildman–Crippen MR) is 128 cm³/mol. The van der Waals surface area contributed by atoms with Crippen molar-refractivity contribution in [3.63, 3.8) is 0 Å². The third-order valence-corrected chi connectivity index (χ3v) is 6.07. The van der Waals surface area contributed by atoms with Gasteiger partial charge in [0.2, 0.25) is 11.8 Å². The number of allylic oxidation sites excluding steroid dienone is 1. The largest absolute Gasteiger partial charge is 0.489 e. The Morgan fingerprint density at radius 3 is 2.52 bits per heavy atom. The number of ether oxygens (including phenoxy) is 2. The number of fused-ring (bicyclic) bond motifs is 1. The zero-order valence-electron chi connectivity index (χ0n) is 17.5. The summed E-state index contributed by atoms with van der Waals surface area (Å²) in [6.07, 6.45) is 0. The molecule has 0 amide bonds. The lowest BCUT2D eigenvalue weighted by molar-refractivity contribution is 0.301. The molecule has 2 heterocycles. The molecule has 4 aromatic rings. The summed E-state index contributed by atoms with van der Waals surface area (Å²) in [4.78, 5) is 0. The van der Waals surface area contributed by atoms with Gasteiger partial charge in [-0.3, -0.25) is 5.10 Å². The zero-order chi connectivity index (χ0) is 22.8. The number of nitriles is 1. The molecule has 0 fully saturated rings. The van der Waals surface area contributed by atoms with Crippen LogP contribution in [0.1, 0.15) is 22.6 Å². The van der Waals surface area contributed by atoms with Gasteiger partial charge in [0.25, 0.3) is 0 Å². The van der Waals surface area contributed by atoms with E-state index in [9.17, 15) is 5.26 Å². The van der Waals surface area contributed by atoms with Crippen LogP contribution in [0.3, 0.4) is 0 Å². The van der Waals surface area contributed by atoms with Crippen LogP contribution in [0.4, 0.5) is 0 Å². The second-order valence-corrected chi connectivity index (χ2v) is 8.48. The standard InChI is InChI=1S/C26H19BrN4O2/c27-18-12-10-16(11-13-18)15-32-21-9-5-4-8-19(21)22-20(14-28)25(29)33-26-23(22)24(30-31-26)17-6-2-1-3-7-17/h1-13,22H,15,29H2,(H,30,31). The van der Waals surface area contributed by atoms with Crippen LogP contribution >= 0.6 is 15.9 Å². The number of nitrogens with one attached hydrogen (secondary N) is 1. The van der Waals surface area contributed by atoms with E-state index in [1.54, 1.807) is 0 Å². The topological polar surface area (TPSA) is 97.0 Å². The van der Waals surface area contributed by atoms with Gasteiger partial charge in [-0.1, -0.05) is 76.6 Å². The first kappa shape index (κ1) is 20.9. The molecule has 0 spiro atoms. The van der Waals surface area contributed by atoms with E-state index in [1.807, 2.05) is 78.9 Å². The van der Waals surface area contributed by atoms with E-state index in [-0.39, 0.29) is 5.88 Å². The van der Waals surface area contributed by atoms with Crippen molar-refractivity contribution in [1.29, 1.82) is 5.26 Å². The van der Waals surface area contributed by atoms with Crippen LogP contribution in [0.25, 0.3) is 11.3 Å². The number of nitrogens with zero attached hydrogens (tertiary/aromatic N) is 2. The highest BCUT2D eigenvalue weighted by atomic mass is 79.9. The minimum atomic E-state index is -0.492. The fraction of sp³-hybridized carbons (Fsp3) is 0.0769. The summed E-state index contributed by atoms with van der Waals surface area (Å²) in [6, 6.07) is 27.7. The van der Waals surface area contributed by atoms with Gasteiger partial charge in [-0.25, -0.2) is 0 Å².